The van der Waals surface area contributed by atoms with E-state index in [1.165, 1.54) is 16.3 Å². The molecule has 164 valence electrons. The van der Waals surface area contributed by atoms with Crippen molar-refractivity contribution >= 4 is 39.6 Å². The number of pyridine rings is 1. The van der Waals surface area contributed by atoms with E-state index in [9.17, 15) is 14.4 Å². The van der Waals surface area contributed by atoms with Crippen LogP contribution in [0, 0.1) is 0 Å². The van der Waals surface area contributed by atoms with Crippen LogP contribution < -0.4 is 4.57 Å². The summed E-state index contributed by atoms with van der Waals surface area (Å²) >= 11 is 0. The van der Waals surface area contributed by atoms with E-state index in [1.807, 2.05) is 24.3 Å². The summed E-state index contributed by atoms with van der Waals surface area (Å²) in [5, 5.41) is 2.95. The van der Waals surface area contributed by atoms with E-state index in [0.717, 1.165) is 22.2 Å². The summed E-state index contributed by atoms with van der Waals surface area (Å²) in [6.45, 7) is 0. The number of aromatic nitrogens is 1. The molecule has 33 heavy (non-hydrogen) atoms. The molecule has 0 N–H and O–H groups in total. The summed E-state index contributed by atoms with van der Waals surface area (Å²) in [6, 6.07) is 24.9. The Morgan fingerprint density at radius 2 is 1.39 bits per heavy atom. The van der Waals surface area contributed by atoms with Crippen LogP contribution in [0.4, 0.5) is 0 Å². The van der Waals surface area contributed by atoms with Gasteiger partial charge in [-0.2, -0.15) is 4.57 Å². The number of hydrogen-bond donors (Lipinski definition) is 0. The average molecular weight is 439 g/mol. The number of amides is 2. The van der Waals surface area contributed by atoms with Crippen molar-refractivity contribution in [3.63, 3.8) is 0 Å². The number of para-hydroxylation sites is 2. The van der Waals surface area contributed by atoms with Crippen molar-refractivity contribution in [2.75, 3.05) is 0 Å². The maximum Gasteiger partial charge on any atom is 0.333 e. The number of carbonyl (C=O) groups excluding carboxylic acids is 3. The quantitative estimate of drug-likeness (QED) is 0.268. The van der Waals surface area contributed by atoms with Crippen molar-refractivity contribution in [1.29, 1.82) is 0 Å². The number of benzene rings is 3. The highest BCUT2D eigenvalue weighted by atomic mass is 16.7. The second kappa shape index (κ2) is 8.47. The lowest BCUT2D eigenvalue weighted by atomic mass is 9.94. The third-order valence-corrected chi connectivity index (χ3v) is 6.13. The van der Waals surface area contributed by atoms with Gasteiger partial charge >= 0.3 is 5.97 Å². The first-order chi connectivity index (χ1) is 16.0. The Kier molecular flexibility index (Phi) is 5.34. The van der Waals surface area contributed by atoms with Gasteiger partial charge in [-0.05, 0) is 29.7 Å². The molecule has 6 nitrogen and oxygen atoms in total. The second-order valence-corrected chi connectivity index (χ2v) is 8.21. The molecule has 2 amide bonds. The molecule has 0 aliphatic carbocycles. The zero-order valence-electron chi connectivity index (χ0n) is 18.3. The first kappa shape index (κ1) is 20.8. The molecule has 0 atom stereocenters. The van der Waals surface area contributed by atoms with Gasteiger partial charge in [0.05, 0.1) is 17.2 Å². The van der Waals surface area contributed by atoms with Crippen molar-refractivity contribution in [2.45, 2.75) is 25.7 Å². The predicted octanol–water partition coefficient (Wildman–Crippen LogP) is 4.02. The molecule has 6 heteroatoms. The average Bonchev–Trinajstić information content (AvgIpc) is 3.16. The van der Waals surface area contributed by atoms with Gasteiger partial charge in [0.15, 0.2) is 0 Å². The standard InChI is InChI=1S/C27H23N2O4/c1-28-22-8-4-2-6-20(22)27(21-7-3-5-9-23(21)28)19-13-10-18(11-14-19)12-17-26(32)33-29-24(30)15-16-25(29)31/h2-11,13-14H,12,15-17H2,1H3/q+1. The molecule has 5 rings (SSSR count). The van der Waals surface area contributed by atoms with Gasteiger partial charge in [-0.15, -0.1) is 5.06 Å². The molecular formula is C27H23N2O4+. The Labute approximate surface area is 191 Å². The largest absolute Gasteiger partial charge is 0.333 e. The molecule has 0 bridgehead atoms. The number of aryl methyl sites for hydroxylation is 2. The maximum absolute atomic E-state index is 12.1. The fourth-order valence-corrected chi connectivity index (χ4v) is 4.43. The molecule has 0 radical (unpaired) electrons. The molecule has 3 aromatic carbocycles. The summed E-state index contributed by atoms with van der Waals surface area (Å²) in [6.07, 6.45) is 0.729. The number of nitrogens with zero attached hydrogens (tertiary/aromatic N) is 2. The Morgan fingerprint density at radius 3 is 1.97 bits per heavy atom. The van der Waals surface area contributed by atoms with Crippen LogP contribution in [0.25, 0.3) is 32.9 Å². The Hall–Kier alpha value is -4.06. The van der Waals surface area contributed by atoms with Crippen molar-refractivity contribution in [3.8, 4) is 11.1 Å². The molecule has 1 saturated heterocycles. The second-order valence-electron chi connectivity index (χ2n) is 8.21. The lowest BCUT2D eigenvalue weighted by Gasteiger charge is -2.13. The van der Waals surface area contributed by atoms with E-state index < -0.39 is 17.8 Å². The minimum Gasteiger partial charge on any atom is -0.330 e. The van der Waals surface area contributed by atoms with E-state index in [0.29, 0.717) is 11.5 Å². The normalized spacial score (nSPS) is 13.8. The van der Waals surface area contributed by atoms with E-state index >= 15 is 0 Å². The Morgan fingerprint density at radius 1 is 0.848 bits per heavy atom. The lowest BCUT2D eigenvalue weighted by Crippen LogP contribution is -2.32. The van der Waals surface area contributed by atoms with Crippen LogP contribution >= 0.6 is 0 Å². The molecule has 4 aromatic rings. The third-order valence-electron chi connectivity index (χ3n) is 6.13. The van der Waals surface area contributed by atoms with E-state index in [2.05, 4.69) is 60.1 Å². The zero-order valence-corrected chi connectivity index (χ0v) is 18.3. The smallest absolute Gasteiger partial charge is 0.330 e. The van der Waals surface area contributed by atoms with Crippen molar-refractivity contribution in [2.24, 2.45) is 7.05 Å². The van der Waals surface area contributed by atoms with Crippen LogP contribution in [0.15, 0.2) is 72.8 Å². The van der Waals surface area contributed by atoms with Gasteiger partial charge in [0, 0.05) is 30.5 Å². The van der Waals surface area contributed by atoms with Gasteiger partial charge in [0.1, 0.15) is 7.05 Å². The summed E-state index contributed by atoms with van der Waals surface area (Å²) in [4.78, 5) is 40.3. The van der Waals surface area contributed by atoms with Gasteiger partial charge in [0.25, 0.3) is 11.8 Å². The number of rotatable bonds is 5. The molecule has 0 saturated carbocycles. The molecule has 1 aliphatic heterocycles. The number of imide groups is 1. The Balaban J connectivity index is 1.40. The third kappa shape index (κ3) is 3.84. The zero-order chi connectivity index (χ0) is 22.9. The highest BCUT2D eigenvalue weighted by molar-refractivity contribution is 6.07. The summed E-state index contributed by atoms with van der Waals surface area (Å²) in [5.41, 5.74) is 5.57. The van der Waals surface area contributed by atoms with Crippen LogP contribution in [0.2, 0.25) is 0 Å². The van der Waals surface area contributed by atoms with Crippen LogP contribution in [0.3, 0.4) is 0 Å². The summed E-state index contributed by atoms with van der Waals surface area (Å²) in [5.74, 6) is -1.52. The highest BCUT2D eigenvalue weighted by Crippen LogP contribution is 2.34. The van der Waals surface area contributed by atoms with E-state index in [-0.39, 0.29) is 19.3 Å². The number of hydrogen-bond acceptors (Lipinski definition) is 4. The Bertz CT molecular complexity index is 1340. The molecule has 1 aromatic heterocycles. The molecule has 2 heterocycles. The molecule has 0 spiro atoms. The topological polar surface area (TPSA) is 67.6 Å². The van der Waals surface area contributed by atoms with Gasteiger partial charge < -0.3 is 4.84 Å². The lowest BCUT2D eigenvalue weighted by molar-refractivity contribution is -0.617. The summed E-state index contributed by atoms with van der Waals surface area (Å²) < 4.78 is 2.21. The number of hydroxylamine groups is 2. The SMILES string of the molecule is C[n+]1c2ccccc2c(-c2ccc(CCC(=O)ON3C(=O)CCC3=O)cc2)c2ccccc21. The highest BCUT2D eigenvalue weighted by Gasteiger charge is 2.32. The monoisotopic (exact) mass is 439 g/mol. The molecule has 0 unspecified atom stereocenters. The van der Waals surface area contributed by atoms with Gasteiger partial charge in [0.2, 0.25) is 11.0 Å². The molecular weight excluding hydrogens is 416 g/mol. The van der Waals surface area contributed by atoms with Crippen molar-refractivity contribution < 1.29 is 23.8 Å². The van der Waals surface area contributed by atoms with Crippen molar-refractivity contribution in [1.82, 2.24) is 5.06 Å². The maximum atomic E-state index is 12.1. The van der Waals surface area contributed by atoms with Gasteiger partial charge in [-0.1, -0.05) is 48.5 Å². The van der Waals surface area contributed by atoms with Crippen molar-refractivity contribution in [3.05, 3.63) is 78.4 Å². The summed E-state index contributed by atoms with van der Waals surface area (Å²) in [7, 11) is 2.08. The fraction of sp³-hybridized carbons (Fsp3) is 0.185. The molecule has 1 aliphatic rings. The van der Waals surface area contributed by atoms with Crippen LogP contribution in [-0.2, 0) is 32.7 Å². The van der Waals surface area contributed by atoms with Gasteiger partial charge in [-0.3, -0.25) is 9.59 Å². The minimum absolute atomic E-state index is 0.0867. The van der Waals surface area contributed by atoms with Gasteiger partial charge in [-0.25, -0.2) is 4.79 Å². The van der Waals surface area contributed by atoms with Crippen LogP contribution in [-0.4, -0.2) is 22.8 Å². The fourth-order valence-electron chi connectivity index (χ4n) is 4.43. The number of fused-ring (bicyclic) bond motifs is 2. The van der Waals surface area contributed by atoms with E-state index in [4.69, 9.17) is 4.84 Å². The first-order valence-corrected chi connectivity index (χ1v) is 11.0. The predicted molar refractivity (Wildman–Crippen MR) is 124 cm³/mol. The molecule has 1 fully saturated rings. The minimum atomic E-state index is -0.588. The number of carbonyl (C=O) groups is 3. The van der Waals surface area contributed by atoms with Crippen LogP contribution in [0.1, 0.15) is 24.8 Å². The van der Waals surface area contributed by atoms with Crippen LogP contribution in [0.5, 0.6) is 0 Å². The first-order valence-electron chi connectivity index (χ1n) is 11.0. The van der Waals surface area contributed by atoms with E-state index in [1.54, 1.807) is 0 Å².